The summed E-state index contributed by atoms with van der Waals surface area (Å²) in [7, 11) is 0. The van der Waals surface area contributed by atoms with Gasteiger partial charge in [0, 0.05) is 24.9 Å². The van der Waals surface area contributed by atoms with E-state index in [1.807, 2.05) is 28.6 Å². The van der Waals surface area contributed by atoms with Gasteiger partial charge in [-0.05, 0) is 37.8 Å². The van der Waals surface area contributed by atoms with Crippen molar-refractivity contribution in [3.8, 4) is 0 Å². The molecule has 0 saturated heterocycles. The van der Waals surface area contributed by atoms with Crippen LogP contribution in [0.25, 0.3) is 11.1 Å². The predicted octanol–water partition coefficient (Wildman–Crippen LogP) is 5.23. The van der Waals surface area contributed by atoms with E-state index in [1.165, 1.54) is 37.6 Å². The molecule has 30 heavy (non-hydrogen) atoms. The van der Waals surface area contributed by atoms with Crippen LogP contribution in [0.3, 0.4) is 0 Å². The second kappa shape index (κ2) is 10.3. The molecule has 2 aliphatic carbocycles. The molecular weight excluding hydrogens is 398 g/mol. The molecule has 0 bridgehead atoms. The van der Waals surface area contributed by atoms with Gasteiger partial charge in [-0.15, -0.1) is 0 Å². The standard InChI is InChI=1S/C23H31N3O3S/c27-21(24-17-9-3-1-4-10-17)15-16-22(28)26(18-11-5-2-6-12-18)30-23-25-19-13-7-8-14-20(19)29-23/h7-8,13-14,17-18H,1-6,9-12,15-16H2,(H,24,27). The third-order valence-corrected chi connectivity index (χ3v) is 7.17. The van der Waals surface area contributed by atoms with Crippen molar-refractivity contribution in [1.29, 1.82) is 0 Å². The maximum absolute atomic E-state index is 13.1. The number of nitrogens with one attached hydrogen (secondary N) is 1. The zero-order chi connectivity index (χ0) is 20.8. The number of carbonyl (C=O) groups is 2. The van der Waals surface area contributed by atoms with E-state index in [2.05, 4.69) is 10.3 Å². The van der Waals surface area contributed by atoms with Gasteiger partial charge in [-0.25, -0.2) is 4.98 Å². The number of fused-ring (bicyclic) bond motifs is 1. The Hall–Kier alpha value is -2.02. The normalized spacial score (nSPS) is 18.4. The van der Waals surface area contributed by atoms with Crippen LogP contribution in [0.1, 0.15) is 77.0 Å². The highest BCUT2D eigenvalue weighted by molar-refractivity contribution is 7.97. The average molecular weight is 430 g/mol. The zero-order valence-electron chi connectivity index (χ0n) is 17.5. The van der Waals surface area contributed by atoms with Gasteiger partial charge in [0.05, 0.1) is 11.9 Å². The Labute approximate surface area is 182 Å². The van der Waals surface area contributed by atoms with Crippen molar-refractivity contribution in [2.24, 2.45) is 0 Å². The molecule has 2 saturated carbocycles. The summed E-state index contributed by atoms with van der Waals surface area (Å²) in [4.78, 5) is 30.0. The van der Waals surface area contributed by atoms with E-state index in [0.29, 0.717) is 5.22 Å². The number of para-hydroxylation sites is 2. The molecule has 0 radical (unpaired) electrons. The number of nitrogens with zero attached hydrogens (tertiary/aromatic N) is 2. The van der Waals surface area contributed by atoms with Crippen molar-refractivity contribution in [3.63, 3.8) is 0 Å². The van der Waals surface area contributed by atoms with Gasteiger partial charge < -0.3 is 9.73 Å². The lowest BCUT2D eigenvalue weighted by Gasteiger charge is -2.32. The van der Waals surface area contributed by atoms with Gasteiger partial charge in [0.25, 0.3) is 5.22 Å². The minimum absolute atomic E-state index is 0.00653. The van der Waals surface area contributed by atoms with Crippen LogP contribution in [0.2, 0.25) is 0 Å². The third-order valence-electron chi connectivity index (χ3n) is 6.14. The SMILES string of the molecule is O=C(CCC(=O)N(Sc1nc2ccccc2o1)C1CCCCC1)NC1CCCCC1. The lowest BCUT2D eigenvalue weighted by Crippen LogP contribution is -2.39. The minimum Gasteiger partial charge on any atom is -0.430 e. The van der Waals surface area contributed by atoms with Crippen LogP contribution in [0.15, 0.2) is 33.9 Å². The molecule has 6 nitrogen and oxygen atoms in total. The number of carbonyl (C=O) groups excluding carboxylic acids is 2. The number of hydrogen-bond donors (Lipinski definition) is 1. The van der Waals surface area contributed by atoms with Crippen LogP contribution >= 0.6 is 11.9 Å². The summed E-state index contributed by atoms with van der Waals surface area (Å²) >= 11 is 1.29. The van der Waals surface area contributed by atoms with Crippen LogP contribution in [-0.4, -0.2) is 33.2 Å². The number of benzene rings is 1. The Kier molecular flexibility index (Phi) is 7.31. The van der Waals surface area contributed by atoms with Crippen molar-refractivity contribution >= 4 is 34.9 Å². The first kappa shape index (κ1) is 21.2. The van der Waals surface area contributed by atoms with E-state index >= 15 is 0 Å². The maximum Gasteiger partial charge on any atom is 0.278 e. The maximum atomic E-state index is 13.1. The van der Waals surface area contributed by atoms with E-state index in [-0.39, 0.29) is 36.7 Å². The summed E-state index contributed by atoms with van der Waals surface area (Å²) in [5, 5.41) is 3.60. The topological polar surface area (TPSA) is 75.4 Å². The second-order valence-corrected chi connectivity index (χ2v) is 9.38. The molecule has 1 N–H and O–H groups in total. The quantitative estimate of drug-likeness (QED) is 0.610. The van der Waals surface area contributed by atoms with E-state index in [4.69, 9.17) is 4.42 Å². The summed E-state index contributed by atoms with van der Waals surface area (Å²) in [6.45, 7) is 0. The number of aromatic nitrogens is 1. The molecule has 2 fully saturated rings. The Bertz CT molecular complexity index is 823. The Morgan fingerprint density at radius 2 is 1.70 bits per heavy atom. The van der Waals surface area contributed by atoms with Gasteiger partial charge in [-0.3, -0.25) is 13.9 Å². The van der Waals surface area contributed by atoms with Crippen LogP contribution in [0.5, 0.6) is 0 Å². The smallest absolute Gasteiger partial charge is 0.278 e. The number of rotatable bonds is 7. The minimum atomic E-state index is -0.00861. The molecule has 1 heterocycles. The average Bonchev–Trinajstić information content (AvgIpc) is 3.20. The molecular formula is C23H31N3O3S. The molecule has 1 aromatic heterocycles. The van der Waals surface area contributed by atoms with Crippen LogP contribution < -0.4 is 5.32 Å². The van der Waals surface area contributed by atoms with Gasteiger partial charge in [0.15, 0.2) is 5.58 Å². The van der Waals surface area contributed by atoms with E-state index in [9.17, 15) is 9.59 Å². The van der Waals surface area contributed by atoms with Gasteiger partial charge in [-0.2, -0.15) is 0 Å². The largest absolute Gasteiger partial charge is 0.430 e. The van der Waals surface area contributed by atoms with E-state index < -0.39 is 0 Å². The predicted molar refractivity (Wildman–Crippen MR) is 118 cm³/mol. The Morgan fingerprint density at radius 1 is 1.00 bits per heavy atom. The molecule has 2 aromatic rings. The lowest BCUT2D eigenvalue weighted by molar-refractivity contribution is -0.131. The molecule has 162 valence electrons. The van der Waals surface area contributed by atoms with Crippen LogP contribution in [0, 0.1) is 0 Å². The zero-order valence-corrected chi connectivity index (χ0v) is 18.3. The monoisotopic (exact) mass is 429 g/mol. The van der Waals surface area contributed by atoms with Gasteiger partial charge in [-0.1, -0.05) is 50.7 Å². The van der Waals surface area contributed by atoms with Gasteiger partial charge >= 0.3 is 0 Å². The molecule has 0 atom stereocenters. The molecule has 1 aromatic carbocycles. The summed E-state index contributed by atoms with van der Waals surface area (Å²) in [5.74, 6) is -0.0151. The Balaban J connectivity index is 1.38. The first-order chi connectivity index (χ1) is 14.7. The van der Waals surface area contributed by atoms with Crippen molar-refractivity contribution < 1.29 is 14.0 Å². The number of hydrogen-bond acceptors (Lipinski definition) is 5. The molecule has 0 aliphatic heterocycles. The first-order valence-corrected chi connectivity index (χ1v) is 12.1. The molecule has 4 rings (SSSR count). The molecule has 7 heteroatoms. The molecule has 0 unspecified atom stereocenters. The van der Waals surface area contributed by atoms with Gasteiger partial charge in [0.2, 0.25) is 11.8 Å². The van der Waals surface area contributed by atoms with Crippen LogP contribution in [0.4, 0.5) is 0 Å². The highest BCUT2D eigenvalue weighted by Crippen LogP contribution is 2.33. The molecule has 2 amide bonds. The summed E-state index contributed by atoms with van der Waals surface area (Å²) < 4.78 is 7.68. The highest BCUT2D eigenvalue weighted by atomic mass is 32.2. The molecule has 0 spiro atoms. The van der Waals surface area contributed by atoms with Gasteiger partial charge in [0.1, 0.15) is 5.52 Å². The summed E-state index contributed by atoms with van der Waals surface area (Å²) in [5.41, 5.74) is 1.52. The number of amides is 2. The van der Waals surface area contributed by atoms with Crippen molar-refractivity contribution in [1.82, 2.24) is 14.6 Å². The molecule has 2 aliphatic rings. The van der Waals surface area contributed by atoms with Crippen molar-refractivity contribution in [3.05, 3.63) is 24.3 Å². The second-order valence-electron chi connectivity index (χ2n) is 8.45. The fourth-order valence-corrected chi connectivity index (χ4v) is 5.48. The van der Waals surface area contributed by atoms with E-state index in [1.54, 1.807) is 0 Å². The van der Waals surface area contributed by atoms with E-state index in [0.717, 1.165) is 49.6 Å². The summed E-state index contributed by atoms with van der Waals surface area (Å²) in [6.07, 6.45) is 11.7. The third kappa shape index (κ3) is 5.56. The Morgan fingerprint density at radius 3 is 2.43 bits per heavy atom. The number of oxazole rings is 1. The van der Waals surface area contributed by atoms with Crippen molar-refractivity contribution in [2.45, 2.75) is 94.4 Å². The first-order valence-electron chi connectivity index (χ1n) is 11.3. The lowest BCUT2D eigenvalue weighted by atomic mass is 9.95. The highest BCUT2D eigenvalue weighted by Gasteiger charge is 2.29. The van der Waals surface area contributed by atoms with Crippen molar-refractivity contribution in [2.75, 3.05) is 0 Å². The fourth-order valence-electron chi connectivity index (χ4n) is 4.50. The fraction of sp³-hybridized carbons (Fsp3) is 0.609. The van der Waals surface area contributed by atoms with Crippen LogP contribution in [-0.2, 0) is 9.59 Å². The summed E-state index contributed by atoms with van der Waals surface area (Å²) in [6, 6.07) is 8.09.